The molecule has 0 bridgehead atoms. The molecule has 5 rings (SSSR count). The Morgan fingerprint density at radius 2 is 1.81 bits per heavy atom. The van der Waals surface area contributed by atoms with E-state index < -0.39 is 0 Å². The van der Waals surface area contributed by atoms with Crippen LogP contribution in [-0.2, 0) is 0 Å². The summed E-state index contributed by atoms with van der Waals surface area (Å²) < 4.78 is 1.90. The van der Waals surface area contributed by atoms with E-state index in [0.717, 1.165) is 34.7 Å². The van der Waals surface area contributed by atoms with Crippen LogP contribution in [0.4, 0.5) is 5.69 Å². The summed E-state index contributed by atoms with van der Waals surface area (Å²) in [6, 6.07) is 16.5. The van der Waals surface area contributed by atoms with E-state index in [1.54, 1.807) is 17.5 Å². The maximum Gasteiger partial charge on any atom is 0.254 e. The Morgan fingerprint density at radius 1 is 1.03 bits per heavy atom. The minimum Gasteiger partial charge on any atom is -0.368 e. The molecule has 7 heteroatoms. The van der Waals surface area contributed by atoms with Gasteiger partial charge in [-0.1, -0.05) is 24.3 Å². The average Bonchev–Trinajstić information content (AvgIpc) is 3.49. The van der Waals surface area contributed by atoms with E-state index in [9.17, 15) is 4.79 Å². The van der Waals surface area contributed by atoms with Gasteiger partial charge in [0.05, 0.1) is 27.7 Å². The highest BCUT2D eigenvalue weighted by Gasteiger charge is 2.26. The van der Waals surface area contributed by atoms with Crippen LogP contribution in [0.25, 0.3) is 21.6 Å². The first-order chi connectivity index (χ1) is 15.1. The van der Waals surface area contributed by atoms with Crippen molar-refractivity contribution in [2.45, 2.75) is 19.9 Å². The minimum absolute atomic E-state index is 0.0567. The number of rotatable bonds is 4. The molecule has 1 aliphatic heterocycles. The maximum atomic E-state index is 13.6. The number of benzene rings is 1. The van der Waals surface area contributed by atoms with Gasteiger partial charge in [-0.3, -0.25) is 4.79 Å². The Bertz CT molecular complexity index is 1190. The Labute approximate surface area is 185 Å². The zero-order valence-corrected chi connectivity index (χ0v) is 18.5. The van der Waals surface area contributed by atoms with Gasteiger partial charge >= 0.3 is 0 Å². The Balaban J connectivity index is 1.47. The number of carbonyl (C=O) groups excluding carboxylic acids is 1. The fourth-order valence-corrected chi connectivity index (χ4v) is 4.79. The molecule has 0 atom stereocenters. The van der Waals surface area contributed by atoms with E-state index in [-0.39, 0.29) is 11.9 Å². The Morgan fingerprint density at radius 3 is 2.48 bits per heavy atom. The molecule has 1 aliphatic rings. The molecule has 0 radical (unpaired) electrons. The zero-order valence-electron chi connectivity index (χ0n) is 17.7. The fraction of sp³-hybridized carbons (Fsp3) is 0.292. The summed E-state index contributed by atoms with van der Waals surface area (Å²) in [5, 5.41) is 7.39. The van der Waals surface area contributed by atoms with E-state index in [1.807, 2.05) is 39.2 Å². The van der Waals surface area contributed by atoms with Crippen molar-refractivity contribution in [3.8, 4) is 10.6 Å². The molecule has 0 aliphatic carbocycles. The van der Waals surface area contributed by atoms with Gasteiger partial charge in [0.25, 0.3) is 5.91 Å². The van der Waals surface area contributed by atoms with E-state index in [2.05, 4.69) is 48.1 Å². The van der Waals surface area contributed by atoms with Crippen molar-refractivity contribution in [3.05, 3.63) is 65.7 Å². The summed E-state index contributed by atoms with van der Waals surface area (Å²) in [5.41, 5.74) is 3.50. The molecule has 1 aromatic carbocycles. The van der Waals surface area contributed by atoms with E-state index in [0.29, 0.717) is 18.7 Å². The lowest BCUT2D eigenvalue weighted by Gasteiger charge is -2.36. The Kier molecular flexibility index (Phi) is 5.19. The van der Waals surface area contributed by atoms with Crippen LogP contribution in [0.3, 0.4) is 0 Å². The number of para-hydroxylation sites is 1. The number of nitrogens with zero attached hydrogens (tertiary/aromatic N) is 5. The predicted molar refractivity (Wildman–Crippen MR) is 126 cm³/mol. The van der Waals surface area contributed by atoms with Gasteiger partial charge in [0, 0.05) is 37.9 Å². The van der Waals surface area contributed by atoms with Crippen LogP contribution in [-0.4, -0.2) is 51.8 Å². The minimum atomic E-state index is 0.0567. The molecule has 1 fully saturated rings. The molecule has 0 spiro atoms. The van der Waals surface area contributed by atoms with Gasteiger partial charge in [-0.25, -0.2) is 9.67 Å². The summed E-state index contributed by atoms with van der Waals surface area (Å²) in [4.78, 5) is 23.8. The van der Waals surface area contributed by atoms with Crippen molar-refractivity contribution in [1.82, 2.24) is 19.7 Å². The molecule has 6 nitrogen and oxygen atoms in total. The summed E-state index contributed by atoms with van der Waals surface area (Å²) >= 11 is 1.63. The normalized spacial score (nSPS) is 14.5. The van der Waals surface area contributed by atoms with Gasteiger partial charge in [-0.05, 0) is 43.5 Å². The topological polar surface area (TPSA) is 54.3 Å². The number of aromatic nitrogens is 3. The predicted octanol–water partition coefficient (Wildman–Crippen LogP) is 4.70. The average molecular weight is 432 g/mol. The first-order valence-corrected chi connectivity index (χ1v) is 11.5. The third-order valence-electron chi connectivity index (χ3n) is 5.75. The van der Waals surface area contributed by atoms with Gasteiger partial charge in [0.1, 0.15) is 0 Å². The number of fused-ring (bicyclic) bond motifs is 1. The van der Waals surface area contributed by atoms with Gasteiger partial charge in [-0.2, -0.15) is 5.10 Å². The lowest BCUT2D eigenvalue weighted by atomic mass is 10.1. The number of hydrogen-bond acceptors (Lipinski definition) is 5. The highest BCUT2D eigenvalue weighted by Crippen LogP contribution is 2.30. The van der Waals surface area contributed by atoms with Crippen LogP contribution in [0.2, 0.25) is 0 Å². The van der Waals surface area contributed by atoms with Crippen molar-refractivity contribution in [2.24, 2.45) is 0 Å². The smallest absolute Gasteiger partial charge is 0.254 e. The van der Waals surface area contributed by atoms with Crippen molar-refractivity contribution >= 4 is 34.0 Å². The number of hydrogen-bond donors (Lipinski definition) is 0. The first kappa shape index (κ1) is 19.8. The van der Waals surface area contributed by atoms with Crippen molar-refractivity contribution < 1.29 is 4.79 Å². The molecule has 0 saturated carbocycles. The number of piperazine rings is 1. The lowest BCUT2D eigenvalue weighted by molar-refractivity contribution is 0.0748. The van der Waals surface area contributed by atoms with Crippen LogP contribution >= 0.6 is 11.3 Å². The molecule has 1 amide bonds. The largest absolute Gasteiger partial charge is 0.368 e. The quantitative estimate of drug-likeness (QED) is 0.470. The number of carbonyl (C=O) groups is 1. The van der Waals surface area contributed by atoms with Gasteiger partial charge in [0.2, 0.25) is 0 Å². The molecule has 158 valence electrons. The molecule has 4 aromatic rings. The van der Waals surface area contributed by atoms with Gasteiger partial charge < -0.3 is 9.80 Å². The summed E-state index contributed by atoms with van der Waals surface area (Å²) in [6.07, 6.45) is 1.79. The summed E-state index contributed by atoms with van der Waals surface area (Å²) in [7, 11) is 0. The second kappa shape index (κ2) is 8.15. The third kappa shape index (κ3) is 3.70. The Hall–Kier alpha value is -3.19. The molecule has 4 heterocycles. The number of thiophene rings is 1. The van der Waals surface area contributed by atoms with Crippen LogP contribution in [0.1, 0.15) is 30.2 Å². The molecule has 0 unspecified atom stereocenters. The summed E-state index contributed by atoms with van der Waals surface area (Å²) in [6.45, 7) is 7.21. The van der Waals surface area contributed by atoms with Crippen LogP contribution in [0, 0.1) is 0 Å². The molecular formula is C24H25N5OS. The van der Waals surface area contributed by atoms with Crippen LogP contribution < -0.4 is 4.90 Å². The standard InChI is InChI=1S/C24H25N5OS/c1-17(2)29-23-20(16-25-29)19(15-21(26-23)22-9-6-14-31-22)24(30)28-12-10-27(11-13-28)18-7-4-3-5-8-18/h3-9,14-17H,10-13H2,1-2H3. The maximum absolute atomic E-state index is 13.6. The van der Waals surface area contributed by atoms with Gasteiger partial charge in [-0.15, -0.1) is 11.3 Å². The van der Waals surface area contributed by atoms with Crippen molar-refractivity contribution in [3.63, 3.8) is 0 Å². The summed E-state index contributed by atoms with van der Waals surface area (Å²) in [5.74, 6) is 0.0567. The molecule has 1 saturated heterocycles. The van der Waals surface area contributed by atoms with Gasteiger partial charge in [0.15, 0.2) is 5.65 Å². The SMILES string of the molecule is CC(C)n1ncc2c(C(=O)N3CCN(c4ccccc4)CC3)cc(-c3cccs3)nc21. The van der Waals surface area contributed by atoms with E-state index >= 15 is 0 Å². The third-order valence-corrected chi connectivity index (χ3v) is 6.64. The number of pyridine rings is 1. The molecular weight excluding hydrogens is 406 g/mol. The fourth-order valence-electron chi connectivity index (χ4n) is 4.10. The second-order valence-corrected chi connectivity index (χ2v) is 9.02. The molecule has 3 aromatic heterocycles. The van der Waals surface area contributed by atoms with Crippen molar-refractivity contribution in [1.29, 1.82) is 0 Å². The molecule has 31 heavy (non-hydrogen) atoms. The van der Waals surface area contributed by atoms with E-state index in [4.69, 9.17) is 4.98 Å². The number of amides is 1. The second-order valence-electron chi connectivity index (χ2n) is 8.07. The highest BCUT2D eigenvalue weighted by atomic mass is 32.1. The lowest BCUT2D eigenvalue weighted by Crippen LogP contribution is -2.48. The number of anilines is 1. The van der Waals surface area contributed by atoms with Crippen LogP contribution in [0.15, 0.2) is 60.1 Å². The van der Waals surface area contributed by atoms with Crippen molar-refractivity contribution in [2.75, 3.05) is 31.1 Å². The van der Waals surface area contributed by atoms with Crippen LogP contribution in [0.5, 0.6) is 0 Å². The zero-order chi connectivity index (χ0) is 21.4. The van der Waals surface area contributed by atoms with E-state index in [1.165, 1.54) is 5.69 Å². The first-order valence-electron chi connectivity index (χ1n) is 10.6. The molecule has 0 N–H and O–H groups in total. The highest BCUT2D eigenvalue weighted by molar-refractivity contribution is 7.13. The monoisotopic (exact) mass is 431 g/mol.